The van der Waals surface area contributed by atoms with Crippen LogP contribution in [0.25, 0.3) is 0 Å². The summed E-state index contributed by atoms with van der Waals surface area (Å²) in [6.45, 7) is 0. The van der Waals surface area contributed by atoms with Gasteiger partial charge >= 0.3 is 11.9 Å². The van der Waals surface area contributed by atoms with Gasteiger partial charge in [0.1, 0.15) is 12.8 Å². The van der Waals surface area contributed by atoms with Gasteiger partial charge in [0, 0.05) is 12.1 Å². The summed E-state index contributed by atoms with van der Waals surface area (Å²) in [4.78, 5) is 45.6. The second kappa shape index (κ2) is 9.01. The molecule has 0 aliphatic heterocycles. The Morgan fingerprint density at radius 1 is 0.818 bits per heavy atom. The SMILES string of the molecule is COC(=O)CC(=O)N[C@@H]1CCCC[C@H]1NC(=O)CC(=O)OC. The first kappa shape index (κ1) is 17.9. The van der Waals surface area contributed by atoms with E-state index in [0.29, 0.717) is 12.8 Å². The molecule has 0 aromatic rings. The van der Waals surface area contributed by atoms with Crippen molar-refractivity contribution in [1.29, 1.82) is 0 Å². The van der Waals surface area contributed by atoms with E-state index < -0.39 is 23.8 Å². The molecule has 1 rings (SSSR count). The lowest BCUT2D eigenvalue weighted by Gasteiger charge is -2.32. The van der Waals surface area contributed by atoms with Gasteiger partial charge in [-0.15, -0.1) is 0 Å². The van der Waals surface area contributed by atoms with Gasteiger partial charge in [0.25, 0.3) is 0 Å². The van der Waals surface area contributed by atoms with Gasteiger partial charge in [-0.2, -0.15) is 0 Å². The van der Waals surface area contributed by atoms with Crippen molar-refractivity contribution < 1.29 is 28.7 Å². The Bertz CT molecular complexity index is 397. The fourth-order valence-electron chi connectivity index (χ4n) is 2.40. The number of amides is 2. The molecular formula is C14H22N2O6. The standard InChI is InChI=1S/C14H22N2O6/c1-21-13(19)7-11(17)15-9-5-3-4-6-10(9)16-12(18)8-14(20)22-2/h9-10H,3-8H2,1-2H3,(H,15,17)(H,16,18)/t9-,10-/m1/s1. The van der Waals surface area contributed by atoms with E-state index in [2.05, 4.69) is 20.1 Å². The molecule has 1 aliphatic rings. The van der Waals surface area contributed by atoms with Crippen LogP contribution in [-0.4, -0.2) is 50.1 Å². The van der Waals surface area contributed by atoms with E-state index in [1.165, 1.54) is 14.2 Å². The Morgan fingerprint density at radius 3 is 1.50 bits per heavy atom. The molecule has 8 heteroatoms. The Hall–Kier alpha value is -2.12. The smallest absolute Gasteiger partial charge is 0.315 e. The van der Waals surface area contributed by atoms with E-state index in [4.69, 9.17) is 0 Å². The first-order valence-corrected chi connectivity index (χ1v) is 7.18. The highest BCUT2D eigenvalue weighted by Gasteiger charge is 2.28. The number of rotatable bonds is 6. The van der Waals surface area contributed by atoms with Gasteiger partial charge in [-0.1, -0.05) is 12.8 Å². The second-order valence-corrected chi connectivity index (χ2v) is 5.14. The van der Waals surface area contributed by atoms with Crippen LogP contribution in [0.2, 0.25) is 0 Å². The number of hydrogen-bond acceptors (Lipinski definition) is 6. The lowest BCUT2D eigenvalue weighted by atomic mass is 9.90. The minimum absolute atomic E-state index is 0.257. The average Bonchev–Trinajstić information content (AvgIpc) is 2.48. The molecule has 0 aromatic heterocycles. The monoisotopic (exact) mass is 314 g/mol. The van der Waals surface area contributed by atoms with E-state index in [1.807, 2.05) is 0 Å². The molecule has 2 amide bonds. The van der Waals surface area contributed by atoms with Crippen LogP contribution >= 0.6 is 0 Å². The van der Waals surface area contributed by atoms with Gasteiger partial charge in [0.2, 0.25) is 11.8 Å². The summed E-state index contributed by atoms with van der Waals surface area (Å²) < 4.78 is 8.87. The zero-order valence-electron chi connectivity index (χ0n) is 12.8. The Morgan fingerprint density at radius 2 is 1.18 bits per heavy atom. The van der Waals surface area contributed by atoms with Crippen molar-refractivity contribution in [3.05, 3.63) is 0 Å². The van der Waals surface area contributed by atoms with Gasteiger partial charge in [-0.25, -0.2) is 0 Å². The van der Waals surface area contributed by atoms with Crippen molar-refractivity contribution in [2.75, 3.05) is 14.2 Å². The largest absolute Gasteiger partial charge is 0.469 e. The molecule has 2 atom stereocenters. The summed E-state index contributed by atoms with van der Waals surface area (Å²) >= 11 is 0. The van der Waals surface area contributed by atoms with Gasteiger partial charge in [0.15, 0.2) is 0 Å². The molecule has 2 N–H and O–H groups in total. The molecule has 1 aliphatic carbocycles. The predicted octanol–water partition coefficient (Wildman–Crippen LogP) is -0.344. The normalized spacial score (nSPS) is 20.6. The Labute approximate surface area is 128 Å². The average molecular weight is 314 g/mol. The van der Waals surface area contributed by atoms with Gasteiger partial charge in [-0.3, -0.25) is 19.2 Å². The summed E-state index contributed by atoms with van der Waals surface area (Å²) in [6.07, 6.45) is 2.55. The van der Waals surface area contributed by atoms with Gasteiger partial charge in [0.05, 0.1) is 14.2 Å². The van der Waals surface area contributed by atoms with Crippen molar-refractivity contribution in [2.45, 2.75) is 50.6 Å². The van der Waals surface area contributed by atoms with Crippen LogP contribution in [0.3, 0.4) is 0 Å². The number of nitrogens with one attached hydrogen (secondary N) is 2. The van der Waals surface area contributed by atoms with Crippen molar-refractivity contribution in [3.63, 3.8) is 0 Å². The predicted molar refractivity (Wildman–Crippen MR) is 75.6 cm³/mol. The Balaban J connectivity index is 2.52. The van der Waals surface area contributed by atoms with Crippen molar-refractivity contribution in [2.24, 2.45) is 0 Å². The molecule has 1 saturated carbocycles. The number of carbonyl (C=O) groups excluding carboxylic acids is 4. The molecule has 0 aromatic carbocycles. The van der Waals surface area contributed by atoms with E-state index >= 15 is 0 Å². The van der Waals surface area contributed by atoms with Crippen molar-refractivity contribution in [3.8, 4) is 0 Å². The molecule has 0 bridgehead atoms. The quantitative estimate of drug-likeness (QED) is 0.512. The third-order valence-corrected chi connectivity index (χ3v) is 3.52. The highest BCUT2D eigenvalue weighted by Crippen LogP contribution is 2.19. The number of methoxy groups -OCH3 is 2. The molecule has 0 saturated heterocycles. The van der Waals surface area contributed by atoms with Gasteiger partial charge < -0.3 is 20.1 Å². The highest BCUT2D eigenvalue weighted by molar-refractivity contribution is 5.95. The zero-order valence-corrected chi connectivity index (χ0v) is 12.8. The van der Waals surface area contributed by atoms with Crippen molar-refractivity contribution >= 4 is 23.8 Å². The van der Waals surface area contributed by atoms with E-state index in [1.54, 1.807) is 0 Å². The first-order valence-electron chi connectivity index (χ1n) is 7.18. The first-order chi connectivity index (χ1) is 10.5. The minimum atomic E-state index is -0.611. The molecule has 1 fully saturated rings. The zero-order chi connectivity index (χ0) is 16.5. The third-order valence-electron chi connectivity index (χ3n) is 3.52. The van der Waals surface area contributed by atoms with Crippen LogP contribution in [0.15, 0.2) is 0 Å². The summed E-state index contributed by atoms with van der Waals surface area (Å²) in [5, 5.41) is 5.47. The molecule has 124 valence electrons. The maximum Gasteiger partial charge on any atom is 0.315 e. The van der Waals surface area contributed by atoms with E-state index in [9.17, 15) is 19.2 Å². The fraction of sp³-hybridized carbons (Fsp3) is 0.714. The maximum atomic E-state index is 11.7. The van der Waals surface area contributed by atoms with E-state index in [-0.39, 0.29) is 24.9 Å². The number of ether oxygens (including phenoxy) is 2. The molecule has 0 spiro atoms. The van der Waals surface area contributed by atoms with Crippen LogP contribution < -0.4 is 10.6 Å². The minimum Gasteiger partial charge on any atom is -0.469 e. The lowest BCUT2D eigenvalue weighted by molar-refractivity contribution is -0.146. The topological polar surface area (TPSA) is 111 Å². The fourth-order valence-corrected chi connectivity index (χ4v) is 2.40. The van der Waals surface area contributed by atoms with Crippen LogP contribution in [0.1, 0.15) is 38.5 Å². The molecule has 8 nitrogen and oxygen atoms in total. The molecule has 0 heterocycles. The Kier molecular flexibility index (Phi) is 7.34. The number of hydrogen-bond donors (Lipinski definition) is 2. The summed E-state index contributed by atoms with van der Waals surface area (Å²) in [6, 6.07) is -0.514. The summed E-state index contributed by atoms with van der Waals surface area (Å²) in [7, 11) is 2.43. The summed E-state index contributed by atoms with van der Waals surface area (Å²) in [5.41, 5.74) is 0. The van der Waals surface area contributed by atoms with Crippen LogP contribution in [0.4, 0.5) is 0 Å². The molecular weight excluding hydrogens is 292 g/mol. The third kappa shape index (κ3) is 6.11. The number of carbonyl (C=O) groups is 4. The highest BCUT2D eigenvalue weighted by atomic mass is 16.5. The van der Waals surface area contributed by atoms with Crippen LogP contribution in [0.5, 0.6) is 0 Å². The maximum absolute atomic E-state index is 11.7. The van der Waals surface area contributed by atoms with Crippen LogP contribution in [-0.2, 0) is 28.7 Å². The van der Waals surface area contributed by atoms with Crippen LogP contribution in [0, 0.1) is 0 Å². The molecule has 0 unspecified atom stereocenters. The summed E-state index contributed by atoms with van der Waals surface area (Å²) in [5.74, 6) is -2.10. The van der Waals surface area contributed by atoms with Crippen molar-refractivity contribution in [1.82, 2.24) is 10.6 Å². The van der Waals surface area contributed by atoms with E-state index in [0.717, 1.165) is 12.8 Å². The lowest BCUT2D eigenvalue weighted by Crippen LogP contribution is -2.53. The van der Waals surface area contributed by atoms with Gasteiger partial charge in [-0.05, 0) is 12.8 Å². The second-order valence-electron chi connectivity index (χ2n) is 5.14. The number of esters is 2. The molecule has 0 radical (unpaired) electrons. The molecule has 22 heavy (non-hydrogen) atoms.